The van der Waals surface area contributed by atoms with Crippen LogP contribution in [-0.4, -0.2) is 24.1 Å². The molecule has 20 heavy (non-hydrogen) atoms. The summed E-state index contributed by atoms with van der Waals surface area (Å²) < 4.78 is 5.90. The van der Waals surface area contributed by atoms with E-state index in [4.69, 9.17) is 4.42 Å². The Morgan fingerprint density at radius 2 is 1.80 bits per heavy atom. The van der Waals surface area contributed by atoms with Crippen molar-refractivity contribution in [2.24, 2.45) is 0 Å². The molecule has 2 aromatic carbocycles. The zero-order valence-corrected chi connectivity index (χ0v) is 11.6. The lowest BCUT2D eigenvalue weighted by molar-refractivity contribution is 0.388. The summed E-state index contributed by atoms with van der Waals surface area (Å²) in [4.78, 5) is 2.03. The smallest absolute Gasteiger partial charge is 0.135 e. The van der Waals surface area contributed by atoms with Crippen LogP contribution in [0.4, 0.5) is 0 Å². The van der Waals surface area contributed by atoms with Crippen molar-refractivity contribution in [2.75, 3.05) is 14.1 Å². The predicted molar refractivity (Wildman–Crippen MR) is 80.7 cm³/mol. The standard InChI is InChI=1S/C17H17NO2/c1-18(2)11-14-13-10-17(12-6-4-3-5-7-12)20-16(13)9-8-15(14)19/h3-10,19H,11H2,1-2H3. The highest BCUT2D eigenvalue weighted by Crippen LogP contribution is 2.34. The van der Waals surface area contributed by atoms with E-state index in [0.717, 1.165) is 27.9 Å². The van der Waals surface area contributed by atoms with Crippen LogP contribution < -0.4 is 0 Å². The van der Waals surface area contributed by atoms with Gasteiger partial charge in [-0.2, -0.15) is 0 Å². The van der Waals surface area contributed by atoms with Crippen molar-refractivity contribution in [3.8, 4) is 17.1 Å². The molecule has 3 aromatic rings. The minimum Gasteiger partial charge on any atom is -0.508 e. The van der Waals surface area contributed by atoms with Crippen molar-refractivity contribution < 1.29 is 9.52 Å². The first-order valence-corrected chi connectivity index (χ1v) is 6.59. The van der Waals surface area contributed by atoms with Gasteiger partial charge in [0, 0.05) is 23.1 Å². The maximum absolute atomic E-state index is 10.1. The highest BCUT2D eigenvalue weighted by Gasteiger charge is 2.13. The van der Waals surface area contributed by atoms with Gasteiger partial charge in [-0.25, -0.2) is 0 Å². The molecule has 0 amide bonds. The number of hydrogen-bond acceptors (Lipinski definition) is 3. The third-order valence-electron chi connectivity index (χ3n) is 3.32. The average Bonchev–Trinajstić information content (AvgIpc) is 2.87. The molecule has 0 spiro atoms. The van der Waals surface area contributed by atoms with E-state index in [1.54, 1.807) is 6.07 Å². The molecule has 1 aromatic heterocycles. The average molecular weight is 267 g/mol. The third-order valence-corrected chi connectivity index (χ3v) is 3.32. The fourth-order valence-corrected chi connectivity index (χ4v) is 2.39. The molecule has 3 heteroatoms. The number of benzene rings is 2. The normalized spacial score (nSPS) is 11.3. The molecule has 3 rings (SSSR count). The first kappa shape index (κ1) is 12.8. The summed E-state index contributed by atoms with van der Waals surface area (Å²) in [6.45, 7) is 0.678. The second-order valence-electron chi connectivity index (χ2n) is 5.19. The topological polar surface area (TPSA) is 36.6 Å². The van der Waals surface area contributed by atoms with E-state index in [2.05, 4.69) is 0 Å². The first-order chi connectivity index (χ1) is 9.65. The Morgan fingerprint density at radius 3 is 2.50 bits per heavy atom. The van der Waals surface area contributed by atoms with E-state index in [-0.39, 0.29) is 0 Å². The minimum atomic E-state index is 0.312. The zero-order chi connectivity index (χ0) is 14.1. The number of nitrogens with zero attached hydrogens (tertiary/aromatic N) is 1. The number of furan rings is 1. The molecule has 1 heterocycles. The van der Waals surface area contributed by atoms with Crippen LogP contribution in [0.5, 0.6) is 5.75 Å². The molecule has 0 fully saturated rings. The van der Waals surface area contributed by atoms with Crippen molar-refractivity contribution in [3.63, 3.8) is 0 Å². The molecule has 0 saturated heterocycles. The van der Waals surface area contributed by atoms with Gasteiger partial charge in [0.2, 0.25) is 0 Å². The van der Waals surface area contributed by atoms with Gasteiger partial charge < -0.3 is 14.4 Å². The SMILES string of the molecule is CN(C)Cc1c(O)ccc2oc(-c3ccccc3)cc12. The zero-order valence-electron chi connectivity index (χ0n) is 11.6. The number of rotatable bonds is 3. The molecule has 0 aliphatic rings. The van der Waals surface area contributed by atoms with Gasteiger partial charge in [-0.3, -0.25) is 0 Å². The summed E-state index contributed by atoms with van der Waals surface area (Å²) in [6.07, 6.45) is 0. The Bertz CT molecular complexity index is 729. The highest BCUT2D eigenvalue weighted by molar-refractivity contribution is 5.87. The molecule has 0 radical (unpaired) electrons. The fourth-order valence-electron chi connectivity index (χ4n) is 2.39. The van der Waals surface area contributed by atoms with E-state index in [0.29, 0.717) is 12.3 Å². The largest absolute Gasteiger partial charge is 0.508 e. The predicted octanol–water partition coefficient (Wildman–Crippen LogP) is 3.87. The second-order valence-corrected chi connectivity index (χ2v) is 5.19. The molecule has 0 aliphatic carbocycles. The molecular formula is C17H17NO2. The van der Waals surface area contributed by atoms with Crippen LogP contribution >= 0.6 is 0 Å². The lowest BCUT2D eigenvalue weighted by Crippen LogP contribution is -2.10. The fraction of sp³-hybridized carbons (Fsp3) is 0.176. The molecule has 0 saturated carbocycles. The minimum absolute atomic E-state index is 0.312. The van der Waals surface area contributed by atoms with E-state index in [1.807, 2.05) is 61.5 Å². The summed E-state index contributed by atoms with van der Waals surface area (Å²) >= 11 is 0. The summed E-state index contributed by atoms with van der Waals surface area (Å²) in [7, 11) is 3.97. The molecule has 0 bridgehead atoms. The number of phenolic OH excluding ortho intramolecular Hbond substituents is 1. The first-order valence-electron chi connectivity index (χ1n) is 6.59. The van der Waals surface area contributed by atoms with Gasteiger partial charge in [-0.05, 0) is 32.3 Å². The van der Waals surface area contributed by atoms with Crippen LogP contribution in [0.1, 0.15) is 5.56 Å². The Morgan fingerprint density at radius 1 is 1.05 bits per heavy atom. The van der Waals surface area contributed by atoms with Crippen molar-refractivity contribution in [1.82, 2.24) is 4.90 Å². The summed E-state index contributed by atoms with van der Waals surface area (Å²) in [5, 5.41) is 11.0. The number of fused-ring (bicyclic) bond motifs is 1. The molecule has 3 nitrogen and oxygen atoms in total. The van der Waals surface area contributed by atoms with E-state index in [1.165, 1.54) is 0 Å². The van der Waals surface area contributed by atoms with Gasteiger partial charge >= 0.3 is 0 Å². The van der Waals surface area contributed by atoms with Crippen molar-refractivity contribution >= 4 is 11.0 Å². The van der Waals surface area contributed by atoms with Gasteiger partial charge in [-0.1, -0.05) is 30.3 Å². The van der Waals surface area contributed by atoms with Crippen LogP contribution in [0.15, 0.2) is 52.9 Å². The third kappa shape index (κ3) is 2.28. The summed E-state index contributed by atoms with van der Waals surface area (Å²) in [6, 6.07) is 15.5. The van der Waals surface area contributed by atoms with Crippen LogP contribution in [0.25, 0.3) is 22.3 Å². The van der Waals surface area contributed by atoms with Gasteiger partial charge in [-0.15, -0.1) is 0 Å². The molecule has 1 N–H and O–H groups in total. The Hall–Kier alpha value is -2.26. The van der Waals surface area contributed by atoms with Crippen LogP contribution in [0.2, 0.25) is 0 Å². The lowest BCUT2D eigenvalue weighted by Gasteiger charge is -2.11. The summed E-state index contributed by atoms with van der Waals surface area (Å²) in [5.41, 5.74) is 2.75. The van der Waals surface area contributed by atoms with Crippen LogP contribution in [0, 0.1) is 0 Å². The van der Waals surface area contributed by atoms with Gasteiger partial charge in [0.15, 0.2) is 0 Å². The highest BCUT2D eigenvalue weighted by atomic mass is 16.3. The monoisotopic (exact) mass is 267 g/mol. The van der Waals surface area contributed by atoms with Crippen molar-refractivity contribution in [2.45, 2.75) is 6.54 Å². The van der Waals surface area contributed by atoms with Gasteiger partial charge in [0.05, 0.1) is 0 Å². The Kier molecular flexibility index (Phi) is 3.20. The maximum Gasteiger partial charge on any atom is 0.135 e. The number of hydrogen-bond donors (Lipinski definition) is 1. The quantitative estimate of drug-likeness (QED) is 0.782. The Labute approximate surface area is 118 Å². The van der Waals surface area contributed by atoms with E-state index in [9.17, 15) is 5.11 Å². The molecular weight excluding hydrogens is 250 g/mol. The van der Waals surface area contributed by atoms with Crippen molar-refractivity contribution in [1.29, 1.82) is 0 Å². The summed E-state index contributed by atoms with van der Waals surface area (Å²) in [5.74, 6) is 1.14. The van der Waals surface area contributed by atoms with Crippen LogP contribution in [-0.2, 0) is 6.54 Å². The van der Waals surface area contributed by atoms with Crippen LogP contribution in [0.3, 0.4) is 0 Å². The van der Waals surface area contributed by atoms with E-state index < -0.39 is 0 Å². The van der Waals surface area contributed by atoms with Gasteiger partial charge in [0.1, 0.15) is 17.1 Å². The molecule has 0 atom stereocenters. The van der Waals surface area contributed by atoms with Gasteiger partial charge in [0.25, 0.3) is 0 Å². The van der Waals surface area contributed by atoms with Crippen molar-refractivity contribution in [3.05, 3.63) is 54.1 Å². The van der Waals surface area contributed by atoms with E-state index >= 15 is 0 Å². The molecule has 0 unspecified atom stereocenters. The lowest BCUT2D eigenvalue weighted by atomic mass is 10.1. The molecule has 102 valence electrons. The number of aromatic hydroxyl groups is 1. The maximum atomic E-state index is 10.1. The number of phenols is 1. The molecule has 0 aliphatic heterocycles. The Balaban J connectivity index is 2.16. The second kappa shape index (κ2) is 5.02.